The highest BCUT2D eigenvalue weighted by molar-refractivity contribution is 9.10. The standard InChI is InChI=1S/C17H20BrNS/c1-3-19-17(14-8-5-4-6-9-14)13(2)20-16-11-7-10-15(18)12-16/h4-13,17,19H,3H2,1-2H3. The van der Waals surface area contributed by atoms with Gasteiger partial charge in [-0.1, -0.05) is 66.2 Å². The maximum Gasteiger partial charge on any atom is 0.0441 e. The summed E-state index contributed by atoms with van der Waals surface area (Å²) in [5, 5.41) is 4.07. The number of thioether (sulfide) groups is 1. The van der Waals surface area contributed by atoms with Crippen molar-refractivity contribution in [2.24, 2.45) is 0 Å². The maximum atomic E-state index is 3.60. The smallest absolute Gasteiger partial charge is 0.0441 e. The molecule has 0 aliphatic heterocycles. The van der Waals surface area contributed by atoms with Crippen molar-refractivity contribution in [2.45, 2.75) is 30.0 Å². The van der Waals surface area contributed by atoms with Crippen molar-refractivity contribution in [1.29, 1.82) is 0 Å². The van der Waals surface area contributed by atoms with Gasteiger partial charge in [0.2, 0.25) is 0 Å². The van der Waals surface area contributed by atoms with Crippen LogP contribution in [0.4, 0.5) is 0 Å². The molecule has 0 amide bonds. The fourth-order valence-corrected chi connectivity index (χ4v) is 3.98. The van der Waals surface area contributed by atoms with Crippen LogP contribution in [-0.4, -0.2) is 11.8 Å². The van der Waals surface area contributed by atoms with E-state index in [-0.39, 0.29) is 0 Å². The fourth-order valence-electron chi connectivity index (χ4n) is 2.26. The van der Waals surface area contributed by atoms with E-state index in [9.17, 15) is 0 Å². The Morgan fingerprint density at radius 3 is 2.50 bits per heavy atom. The van der Waals surface area contributed by atoms with Crippen molar-refractivity contribution < 1.29 is 0 Å². The highest BCUT2D eigenvalue weighted by Gasteiger charge is 2.19. The van der Waals surface area contributed by atoms with Crippen LogP contribution in [-0.2, 0) is 0 Å². The number of hydrogen-bond donors (Lipinski definition) is 1. The normalized spacial score (nSPS) is 13.9. The molecule has 106 valence electrons. The van der Waals surface area contributed by atoms with Gasteiger partial charge in [0.05, 0.1) is 0 Å². The van der Waals surface area contributed by atoms with Crippen LogP contribution in [0.3, 0.4) is 0 Å². The summed E-state index contributed by atoms with van der Waals surface area (Å²) >= 11 is 5.44. The number of hydrogen-bond acceptors (Lipinski definition) is 2. The van der Waals surface area contributed by atoms with Crippen LogP contribution in [0.2, 0.25) is 0 Å². The lowest BCUT2D eigenvalue weighted by Crippen LogP contribution is -2.28. The molecule has 0 aliphatic rings. The first-order valence-corrected chi connectivity index (χ1v) is 8.58. The SMILES string of the molecule is CCNC(c1ccccc1)C(C)Sc1cccc(Br)c1. The van der Waals surface area contributed by atoms with Crippen LogP contribution in [0.15, 0.2) is 64.0 Å². The van der Waals surface area contributed by atoms with Crippen LogP contribution >= 0.6 is 27.7 Å². The second-order valence-electron chi connectivity index (χ2n) is 4.73. The summed E-state index contributed by atoms with van der Waals surface area (Å²) in [6.07, 6.45) is 0. The largest absolute Gasteiger partial charge is 0.309 e. The van der Waals surface area contributed by atoms with E-state index in [2.05, 4.69) is 89.7 Å². The second-order valence-corrected chi connectivity index (χ2v) is 7.09. The lowest BCUT2D eigenvalue weighted by atomic mass is 10.0. The lowest BCUT2D eigenvalue weighted by Gasteiger charge is -2.25. The highest BCUT2D eigenvalue weighted by Crippen LogP contribution is 2.33. The minimum Gasteiger partial charge on any atom is -0.309 e. The van der Waals surface area contributed by atoms with Gasteiger partial charge in [-0.2, -0.15) is 0 Å². The summed E-state index contributed by atoms with van der Waals surface area (Å²) in [5.41, 5.74) is 1.35. The van der Waals surface area contributed by atoms with E-state index in [1.54, 1.807) is 0 Å². The third kappa shape index (κ3) is 4.37. The van der Waals surface area contributed by atoms with Crippen molar-refractivity contribution in [3.63, 3.8) is 0 Å². The van der Waals surface area contributed by atoms with E-state index in [0.717, 1.165) is 11.0 Å². The number of rotatable bonds is 6. The molecular formula is C17H20BrNS. The van der Waals surface area contributed by atoms with Crippen molar-refractivity contribution in [1.82, 2.24) is 5.32 Å². The molecule has 0 spiro atoms. The Kier molecular flexibility index (Phi) is 6.14. The Hall–Kier alpha value is -0.770. The van der Waals surface area contributed by atoms with E-state index >= 15 is 0 Å². The molecule has 20 heavy (non-hydrogen) atoms. The highest BCUT2D eigenvalue weighted by atomic mass is 79.9. The van der Waals surface area contributed by atoms with E-state index in [1.165, 1.54) is 10.5 Å². The molecule has 0 fully saturated rings. The van der Waals surface area contributed by atoms with Crippen molar-refractivity contribution in [2.75, 3.05) is 6.54 Å². The molecule has 1 N–H and O–H groups in total. The molecule has 2 atom stereocenters. The number of nitrogens with one attached hydrogen (secondary N) is 1. The van der Waals surface area contributed by atoms with Crippen molar-refractivity contribution in [3.8, 4) is 0 Å². The van der Waals surface area contributed by atoms with Crippen LogP contribution in [0.25, 0.3) is 0 Å². The molecule has 0 heterocycles. The van der Waals surface area contributed by atoms with E-state index in [4.69, 9.17) is 0 Å². The number of halogens is 1. The summed E-state index contributed by atoms with van der Waals surface area (Å²) < 4.78 is 1.13. The van der Waals surface area contributed by atoms with Crippen LogP contribution in [0.5, 0.6) is 0 Å². The lowest BCUT2D eigenvalue weighted by molar-refractivity contribution is 0.548. The molecular weight excluding hydrogens is 330 g/mol. The minimum absolute atomic E-state index is 0.366. The zero-order chi connectivity index (χ0) is 14.4. The molecule has 0 bridgehead atoms. The summed E-state index contributed by atoms with van der Waals surface area (Å²) in [5.74, 6) is 0. The van der Waals surface area contributed by atoms with Gasteiger partial charge in [0.25, 0.3) is 0 Å². The molecule has 2 rings (SSSR count). The van der Waals surface area contributed by atoms with E-state index < -0.39 is 0 Å². The van der Waals surface area contributed by atoms with Crippen LogP contribution in [0.1, 0.15) is 25.5 Å². The van der Waals surface area contributed by atoms with Gasteiger partial charge in [0.1, 0.15) is 0 Å². The molecule has 0 saturated heterocycles. The van der Waals surface area contributed by atoms with Crippen LogP contribution < -0.4 is 5.32 Å². The number of benzene rings is 2. The Bertz CT molecular complexity index is 530. The van der Waals surface area contributed by atoms with E-state index in [0.29, 0.717) is 11.3 Å². The summed E-state index contributed by atoms with van der Waals surface area (Å²) in [4.78, 5) is 1.30. The van der Waals surface area contributed by atoms with Gasteiger partial charge in [0, 0.05) is 20.7 Å². The molecule has 0 aliphatic carbocycles. The van der Waals surface area contributed by atoms with Crippen molar-refractivity contribution >= 4 is 27.7 Å². The van der Waals surface area contributed by atoms with Gasteiger partial charge in [0.15, 0.2) is 0 Å². The summed E-state index contributed by atoms with van der Waals surface area (Å²) in [6, 6.07) is 19.5. The molecule has 0 aromatic heterocycles. The van der Waals surface area contributed by atoms with Gasteiger partial charge in [-0.3, -0.25) is 0 Å². The Balaban J connectivity index is 2.13. The molecule has 3 heteroatoms. The first kappa shape index (κ1) is 15.6. The first-order valence-electron chi connectivity index (χ1n) is 6.91. The molecule has 2 aromatic rings. The molecule has 2 unspecified atom stereocenters. The van der Waals surface area contributed by atoms with Crippen LogP contribution in [0, 0.1) is 0 Å². The topological polar surface area (TPSA) is 12.0 Å². The van der Waals surface area contributed by atoms with Gasteiger partial charge < -0.3 is 5.32 Å². The third-order valence-electron chi connectivity index (χ3n) is 3.17. The fraction of sp³-hybridized carbons (Fsp3) is 0.294. The first-order chi connectivity index (χ1) is 9.70. The molecule has 2 aromatic carbocycles. The van der Waals surface area contributed by atoms with Gasteiger partial charge >= 0.3 is 0 Å². The summed E-state index contributed by atoms with van der Waals surface area (Å²) in [6.45, 7) is 5.42. The predicted octanol–water partition coefficient (Wildman–Crippen LogP) is 5.28. The Labute approximate surface area is 134 Å². The zero-order valence-electron chi connectivity index (χ0n) is 11.8. The average molecular weight is 350 g/mol. The second kappa shape index (κ2) is 7.87. The quantitative estimate of drug-likeness (QED) is 0.712. The predicted molar refractivity (Wildman–Crippen MR) is 92.3 cm³/mol. The zero-order valence-corrected chi connectivity index (χ0v) is 14.2. The molecule has 1 nitrogen and oxygen atoms in total. The molecule has 0 radical (unpaired) electrons. The van der Waals surface area contributed by atoms with Crippen molar-refractivity contribution in [3.05, 3.63) is 64.6 Å². The molecule has 0 saturated carbocycles. The summed E-state index contributed by atoms with van der Waals surface area (Å²) in [7, 11) is 0. The minimum atomic E-state index is 0.366. The van der Waals surface area contributed by atoms with Gasteiger partial charge in [-0.15, -0.1) is 11.8 Å². The maximum absolute atomic E-state index is 3.60. The Morgan fingerprint density at radius 2 is 1.85 bits per heavy atom. The monoisotopic (exact) mass is 349 g/mol. The third-order valence-corrected chi connectivity index (χ3v) is 4.83. The average Bonchev–Trinajstić information content (AvgIpc) is 2.45. The Morgan fingerprint density at radius 1 is 1.10 bits per heavy atom. The van der Waals surface area contributed by atoms with E-state index in [1.807, 2.05) is 11.8 Å². The van der Waals surface area contributed by atoms with Gasteiger partial charge in [-0.25, -0.2) is 0 Å². The van der Waals surface area contributed by atoms with Gasteiger partial charge in [-0.05, 0) is 30.3 Å².